The predicted molar refractivity (Wildman–Crippen MR) is 269 cm³/mol. The summed E-state index contributed by atoms with van der Waals surface area (Å²) in [6.45, 7) is -3.56. The van der Waals surface area contributed by atoms with Gasteiger partial charge in [0, 0.05) is 17.7 Å². The molecule has 484 valence electrons. The van der Waals surface area contributed by atoms with Crippen molar-refractivity contribution in [1.29, 1.82) is 0 Å². The van der Waals surface area contributed by atoms with Crippen LogP contribution in [0.4, 0.5) is 0 Å². The maximum atomic E-state index is 14.2. The van der Waals surface area contributed by atoms with Crippen molar-refractivity contribution in [2.45, 2.75) is 191 Å². The average molecular weight is 1240 g/mol. The topological polar surface area (TPSA) is 566 Å². The molecule has 7 heterocycles. The van der Waals surface area contributed by atoms with Crippen molar-refractivity contribution in [3.05, 3.63) is 46.6 Å². The Hall–Kier alpha value is -4.31. The van der Waals surface area contributed by atoms with Crippen molar-refractivity contribution in [2.24, 2.45) is 0 Å². The largest absolute Gasteiger partial charge is 0.508 e. The normalized spacial score (nSPS) is 44.1. The molecule has 2 aromatic carbocycles. The minimum absolute atomic E-state index is 0.0487. The van der Waals surface area contributed by atoms with Crippen LogP contribution in [0, 0.1) is 0 Å². The van der Waals surface area contributed by atoms with Gasteiger partial charge in [0.15, 0.2) is 37.2 Å². The molecule has 21 N–H and O–H groups in total. The van der Waals surface area contributed by atoms with Crippen LogP contribution in [0.3, 0.4) is 0 Å². The number of aliphatic hydroxyl groups excluding tert-OH is 18. The standard InChI is InChI=1S/C51H70O35/c1-13-25(59)28(62)34(68)46(75-13)74-12-23-44(33(67)39(73)51(81-23)86-45-27(61)24-17(58)6-16(57)7-18(24)76-40(45)14-2-4-15(56)5-3-14)85-50-38(72)32(66)43(22(11-55)80-50)84-49-37(71)31(65)42(21(10-54)79-49)83-48-36(70)30(64)41(20(9-53)78-48)82-47-35(69)29(63)26(60)19(8-52)77-47/h2-7,13,19-23,25-26,28-39,41-44,46-60,62-73H,8-12H2,1H3/t13?,19?,20?,21?,22?,23?,25-,26+,28-,29-,30+,31+,32+,33+,34?,35?,36?,37?,38?,39?,41+,42+,43+,44+,46+,47+,48+,49+,50+,51-/m0/s1. The van der Waals surface area contributed by atoms with Crippen LogP contribution >= 0.6 is 0 Å². The number of hydrogen-bond donors (Lipinski definition) is 21. The molecule has 0 aliphatic carbocycles. The lowest BCUT2D eigenvalue weighted by atomic mass is 9.95. The highest BCUT2D eigenvalue weighted by Gasteiger charge is 2.57. The first kappa shape index (κ1) is 66.1. The molecule has 6 aliphatic rings. The molecule has 0 spiro atoms. The Labute approximate surface area is 483 Å². The fraction of sp³-hybridized carbons (Fsp3) is 0.706. The van der Waals surface area contributed by atoms with Gasteiger partial charge in [0.2, 0.25) is 17.5 Å². The molecule has 86 heavy (non-hydrogen) atoms. The van der Waals surface area contributed by atoms with E-state index < -0.39 is 251 Å². The van der Waals surface area contributed by atoms with E-state index in [1.807, 2.05) is 0 Å². The van der Waals surface area contributed by atoms with E-state index in [2.05, 4.69) is 0 Å². The van der Waals surface area contributed by atoms with Crippen molar-refractivity contribution in [3.63, 3.8) is 0 Å². The number of aliphatic hydroxyl groups is 18. The first-order chi connectivity index (χ1) is 40.8. The van der Waals surface area contributed by atoms with E-state index in [1.54, 1.807) is 0 Å². The number of fused-ring (bicyclic) bond motifs is 1. The molecule has 6 aliphatic heterocycles. The molecule has 0 saturated carbocycles. The third-order valence-corrected chi connectivity index (χ3v) is 15.6. The lowest BCUT2D eigenvalue weighted by Crippen LogP contribution is -2.68. The van der Waals surface area contributed by atoms with Crippen LogP contribution in [0.25, 0.3) is 22.3 Å². The fourth-order valence-corrected chi connectivity index (χ4v) is 10.7. The van der Waals surface area contributed by atoms with Gasteiger partial charge in [0.25, 0.3) is 0 Å². The maximum absolute atomic E-state index is 14.2. The van der Waals surface area contributed by atoms with Crippen LogP contribution in [0.1, 0.15) is 6.92 Å². The van der Waals surface area contributed by atoms with Gasteiger partial charge in [-0.2, -0.15) is 0 Å². The molecule has 35 nitrogen and oxygen atoms in total. The second-order valence-corrected chi connectivity index (χ2v) is 21.4. The van der Waals surface area contributed by atoms with Crippen molar-refractivity contribution in [3.8, 4) is 34.3 Å². The number of hydrogen-bond acceptors (Lipinski definition) is 35. The molecule has 12 unspecified atom stereocenters. The second-order valence-electron chi connectivity index (χ2n) is 21.4. The average Bonchev–Trinajstić information content (AvgIpc) is 1.27. The Morgan fingerprint density at radius 2 is 0.814 bits per heavy atom. The minimum atomic E-state index is -2.30. The summed E-state index contributed by atoms with van der Waals surface area (Å²) >= 11 is 0. The monoisotopic (exact) mass is 1240 g/mol. The Balaban J connectivity index is 0.903. The molecule has 9 rings (SSSR count). The molecule has 6 fully saturated rings. The molecular weight excluding hydrogens is 1170 g/mol. The fourth-order valence-electron chi connectivity index (χ4n) is 10.7. The zero-order chi connectivity index (χ0) is 62.5. The molecule has 6 saturated heterocycles. The SMILES string of the molecule is CC1O[C@@H](OCC2O[C@@H](Oc3c(-c4ccc(O)cc4)oc4cc(O)cc(O)c4c3=O)C(O)[C@@H](O)[C@@H]2O[C@H]2OC(CO)[C@@H](O[C@H]3OC(CO)[C@@H](O[C@H]4OC(CO)[C@@H](O[C@H]5OC(CO)[C@@H](O)[C@H](O)C5O)[C@H](O)C4O)[C@H](O)C3O)[C@H](O)C2O)C(O)[C@@H](O)[C@H]1O. The first-order valence-corrected chi connectivity index (χ1v) is 26.9. The van der Waals surface area contributed by atoms with E-state index in [-0.39, 0.29) is 16.9 Å². The molecule has 35 heteroatoms. The number of benzene rings is 2. The van der Waals surface area contributed by atoms with Gasteiger partial charge in [-0.05, 0) is 31.2 Å². The summed E-state index contributed by atoms with van der Waals surface area (Å²) in [7, 11) is 0. The number of phenols is 3. The van der Waals surface area contributed by atoms with Crippen LogP contribution in [0.2, 0.25) is 0 Å². The quantitative estimate of drug-likeness (QED) is 0.0562. The molecule has 30 atom stereocenters. The predicted octanol–water partition coefficient (Wildman–Crippen LogP) is -10.1. The molecule has 0 radical (unpaired) electrons. The van der Waals surface area contributed by atoms with E-state index in [4.69, 9.17) is 61.3 Å². The van der Waals surface area contributed by atoms with E-state index >= 15 is 0 Å². The number of phenolic OH excluding ortho intramolecular Hbond substituents is 3. The Kier molecular flexibility index (Phi) is 21.1. The third kappa shape index (κ3) is 13.0. The summed E-state index contributed by atoms with van der Waals surface area (Å²) in [5, 5.41) is 225. The zero-order valence-electron chi connectivity index (χ0n) is 44.9. The van der Waals surface area contributed by atoms with Gasteiger partial charge in [-0.3, -0.25) is 4.79 Å². The molecule has 1 aromatic heterocycles. The third-order valence-electron chi connectivity index (χ3n) is 15.6. The van der Waals surface area contributed by atoms with Crippen molar-refractivity contribution >= 4 is 11.0 Å². The first-order valence-electron chi connectivity index (χ1n) is 26.9. The molecule has 3 aromatic rings. The van der Waals surface area contributed by atoms with E-state index in [0.717, 1.165) is 12.1 Å². The molecular formula is C51H70O35. The Bertz CT molecular complexity index is 2750. The van der Waals surface area contributed by atoms with Crippen molar-refractivity contribution < 1.29 is 168 Å². The van der Waals surface area contributed by atoms with Gasteiger partial charge in [-0.15, -0.1) is 0 Å². The summed E-state index contributed by atoms with van der Waals surface area (Å²) in [5.41, 5.74) is -1.42. The summed E-state index contributed by atoms with van der Waals surface area (Å²) in [6.07, 6.45) is -58.1. The van der Waals surface area contributed by atoms with E-state index in [0.29, 0.717) is 0 Å². The highest BCUT2D eigenvalue weighted by Crippen LogP contribution is 2.40. The number of rotatable bonds is 18. The van der Waals surface area contributed by atoms with Crippen LogP contribution in [-0.2, 0) is 52.1 Å². The number of ether oxygens (including phenoxy) is 12. The van der Waals surface area contributed by atoms with Crippen LogP contribution in [-0.4, -0.2) is 325 Å². The highest BCUT2D eigenvalue weighted by atomic mass is 16.8. The van der Waals surface area contributed by atoms with Gasteiger partial charge in [0.1, 0.15) is 169 Å². The number of aromatic hydroxyl groups is 3. The molecule has 0 bridgehead atoms. The maximum Gasteiger partial charge on any atom is 0.239 e. The highest BCUT2D eigenvalue weighted by molar-refractivity contribution is 5.88. The second kappa shape index (κ2) is 27.4. The lowest BCUT2D eigenvalue weighted by molar-refractivity contribution is -0.393. The van der Waals surface area contributed by atoms with Gasteiger partial charge in [-0.25, -0.2) is 0 Å². The summed E-state index contributed by atoms with van der Waals surface area (Å²) in [6, 6.07) is 6.80. The van der Waals surface area contributed by atoms with Gasteiger partial charge < -0.3 is 168 Å². The van der Waals surface area contributed by atoms with E-state index in [1.165, 1.54) is 31.2 Å². The van der Waals surface area contributed by atoms with Crippen molar-refractivity contribution in [1.82, 2.24) is 0 Å². The summed E-state index contributed by atoms with van der Waals surface area (Å²) in [5.74, 6) is -2.70. The van der Waals surface area contributed by atoms with Crippen LogP contribution in [0.5, 0.6) is 23.0 Å². The minimum Gasteiger partial charge on any atom is -0.508 e. The van der Waals surface area contributed by atoms with Crippen molar-refractivity contribution in [2.75, 3.05) is 33.0 Å². The Morgan fingerprint density at radius 1 is 0.419 bits per heavy atom. The van der Waals surface area contributed by atoms with Crippen LogP contribution in [0.15, 0.2) is 45.6 Å². The Morgan fingerprint density at radius 3 is 1.28 bits per heavy atom. The van der Waals surface area contributed by atoms with Gasteiger partial charge >= 0.3 is 0 Å². The summed E-state index contributed by atoms with van der Waals surface area (Å²) < 4.78 is 74.5. The van der Waals surface area contributed by atoms with Gasteiger partial charge in [-0.1, -0.05) is 0 Å². The smallest absolute Gasteiger partial charge is 0.239 e. The molecule has 0 amide bonds. The zero-order valence-corrected chi connectivity index (χ0v) is 44.9. The lowest BCUT2D eigenvalue weighted by Gasteiger charge is -2.49. The van der Waals surface area contributed by atoms with E-state index in [9.17, 15) is 112 Å². The summed E-state index contributed by atoms with van der Waals surface area (Å²) in [4.78, 5) is 14.2. The van der Waals surface area contributed by atoms with Gasteiger partial charge in [0.05, 0.1) is 39.1 Å². The van der Waals surface area contributed by atoms with Crippen LogP contribution < -0.4 is 10.2 Å².